The summed E-state index contributed by atoms with van der Waals surface area (Å²) in [5.41, 5.74) is 4.46. The smallest absolute Gasteiger partial charge is 0.0299 e. The Kier molecular flexibility index (Phi) is 2.12. The number of benzene rings is 1. The van der Waals surface area contributed by atoms with E-state index in [9.17, 15) is 0 Å². The minimum Gasteiger partial charge on any atom is -0.307 e. The van der Waals surface area contributed by atoms with Gasteiger partial charge in [-0.25, -0.2) is 0 Å². The molecule has 0 saturated carbocycles. The van der Waals surface area contributed by atoms with Gasteiger partial charge in [0.25, 0.3) is 0 Å². The number of hydrogen-bond acceptors (Lipinski definition) is 1. The molecule has 1 nitrogen and oxygen atoms in total. The summed E-state index contributed by atoms with van der Waals surface area (Å²) in [5, 5.41) is 3.58. The maximum atomic E-state index is 3.58. The lowest BCUT2D eigenvalue weighted by Gasteiger charge is -2.30. The molecule has 0 spiro atoms. The Bertz CT molecular complexity index is 317. The van der Waals surface area contributed by atoms with Gasteiger partial charge in [-0.15, -0.1) is 0 Å². The Morgan fingerprint density at radius 2 is 2.08 bits per heavy atom. The lowest BCUT2D eigenvalue weighted by atomic mass is 9.88. The number of fused-ring (bicyclic) bond motifs is 1. The summed E-state index contributed by atoms with van der Waals surface area (Å²) in [6.45, 7) is 6.70. The second-order valence-electron chi connectivity index (χ2n) is 4.14. The molecule has 1 aromatic carbocycles. The molecule has 0 fully saturated rings. The van der Waals surface area contributed by atoms with Crippen LogP contribution in [0.4, 0.5) is 0 Å². The van der Waals surface area contributed by atoms with E-state index in [1.54, 1.807) is 0 Å². The van der Waals surface area contributed by atoms with Gasteiger partial charge in [0.05, 0.1) is 0 Å². The van der Waals surface area contributed by atoms with Crippen LogP contribution in [-0.4, -0.2) is 6.04 Å². The molecule has 1 aliphatic rings. The molecular weight excluding hydrogens is 158 g/mol. The van der Waals surface area contributed by atoms with Gasteiger partial charge < -0.3 is 5.32 Å². The molecule has 1 N–H and O–H groups in total. The summed E-state index contributed by atoms with van der Waals surface area (Å²) in [6.07, 6.45) is 1.17. The molecule has 2 unspecified atom stereocenters. The van der Waals surface area contributed by atoms with Crippen molar-refractivity contribution in [3.8, 4) is 0 Å². The Morgan fingerprint density at radius 3 is 2.85 bits per heavy atom. The molecule has 13 heavy (non-hydrogen) atoms. The molecule has 1 aliphatic heterocycles. The summed E-state index contributed by atoms with van der Waals surface area (Å²) >= 11 is 0. The monoisotopic (exact) mass is 175 g/mol. The van der Waals surface area contributed by atoms with E-state index in [0.717, 1.165) is 0 Å². The van der Waals surface area contributed by atoms with Crippen LogP contribution < -0.4 is 5.32 Å². The van der Waals surface area contributed by atoms with Gasteiger partial charge in [0.2, 0.25) is 0 Å². The predicted octanol–water partition coefficient (Wildman–Crippen LogP) is 2.59. The first-order valence-electron chi connectivity index (χ1n) is 5.03. The highest BCUT2D eigenvalue weighted by Gasteiger charge is 2.21. The largest absolute Gasteiger partial charge is 0.307 e. The number of nitrogens with one attached hydrogen (secondary N) is 1. The molecule has 0 aromatic heterocycles. The van der Waals surface area contributed by atoms with E-state index in [1.807, 2.05) is 0 Å². The fraction of sp³-hybridized carbons (Fsp3) is 0.500. The topological polar surface area (TPSA) is 12.0 Å². The number of hydrogen-bond donors (Lipinski definition) is 1. The van der Waals surface area contributed by atoms with Gasteiger partial charge in [-0.2, -0.15) is 0 Å². The summed E-state index contributed by atoms with van der Waals surface area (Å²) in [4.78, 5) is 0. The zero-order valence-electron chi connectivity index (χ0n) is 8.59. The lowest BCUT2D eigenvalue weighted by Crippen LogP contribution is -2.36. The van der Waals surface area contributed by atoms with Crippen LogP contribution in [0.5, 0.6) is 0 Å². The molecule has 0 amide bonds. The van der Waals surface area contributed by atoms with Crippen LogP contribution in [0, 0.1) is 6.92 Å². The normalized spacial score (nSPS) is 27.0. The first-order valence-corrected chi connectivity index (χ1v) is 5.03. The van der Waals surface area contributed by atoms with E-state index in [-0.39, 0.29) is 0 Å². The maximum absolute atomic E-state index is 3.58. The third-order valence-corrected chi connectivity index (χ3v) is 2.91. The van der Waals surface area contributed by atoms with Crippen LogP contribution in [0.15, 0.2) is 18.2 Å². The zero-order valence-corrected chi connectivity index (χ0v) is 8.59. The van der Waals surface area contributed by atoms with Crippen LogP contribution in [0.2, 0.25) is 0 Å². The van der Waals surface area contributed by atoms with E-state index in [2.05, 4.69) is 44.3 Å². The van der Waals surface area contributed by atoms with Gasteiger partial charge in [-0.3, -0.25) is 0 Å². The Balaban J connectivity index is 2.49. The van der Waals surface area contributed by atoms with Crippen molar-refractivity contribution in [1.29, 1.82) is 0 Å². The van der Waals surface area contributed by atoms with Gasteiger partial charge >= 0.3 is 0 Å². The van der Waals surface area contributed by atoms with Crippen LogP contribution in [0.1, 0.15) is 36.6 Å². The third kappa shape index (κ3) is 1.49. The van der Waals surface area contributed by atoms with Gasteiger partial charge in [0, 0.05) is 12.1 Å². The van der Waals surface area contributed by atoms with Crippen LogP contribution in [-0.2, 0) is 6.42 Å². The summed E-state index contributed by atoms with van der Waals surface area (Å²) < 4.78 is 0. The quantitative estimate of drug-likeness (QED) is 0.639. The molecule has 70 valence electrons. The molecule has 1 aromatic rings. The second kappa shape index (κ2) is 3.15. The molecule has 2 atom stereocenters. The highest BCUT2D eigenvalue weighted by atomic mass is 14.9. The third-order valence-electron chi connectivity index (χ3n) is 2.91. The van der Waals surface area contributed by atoms with Gasteiger partial charge in [-0.1, -0.05) is 18.2 Å². The van der Waals surface area contributed by atoms with Crippen molar-refractivity contribution >= 4 is 0 Å². The molecule has 2 rings (SSSR count). The fourth-order valence-corrected chi connectivity index (χ4v) is 2.44. The van der Waals surface area contributed by atoms with Crippen molar-refractivity contribution in [2.24, 2.45) is 0 Å². The van der Waals surface area contributed by atoms with Crippen molar-refractivity contribution in [3.05, 3.63) is 34.9 Å². The maximum Gasteiger partial charge on any atom is 0.0299 e. The van der Waals surface area contributed by atoms with Crippen molar-refractivity contribution in [2.45, 2.75) is 39.3 Å². The molecule has 1 heteroatoms. The highest BCUT2D eigenvalue weighted by molar-refractivity contribution is 5.38. The fourth-order valence-electron chi connectivity index (χ4n) is 2.44. The minimum atomic E-state index is 0.514. The van der Waals surface area contributed by atoms with Crippen LogP contribution in [0.3, 0.4) is 0 Å². The Hall–Kier alpha value is -0.820. The van der Waals surface area contributed by atoms with Crippen molar-refractivity contribution < 1.29 is 0 Å². The van der Waals surface area contributed by atoms with Gasteiger partial charge in [0.1, 0.15) is 0 Å². The van der Waals surface area contributed by atoms with Gasteiger partial charge in [0.15, 0.2) is 0 Å². The van der Waals surface area contributed by atoms with E-state index >= 15 is 0 Å². The SMILES string of the molecule is Cc1cccc2c1C(C)NC(C)C2. The van der Waals surface area contributed by atoms with E-state index in [4.69, 9.17) is 0 Å². The molecule has 0 bridgehead atoms. The van der Waals surface area contributed by atoms with Crippen molar-refractivity contribution in [3.63, 3.8) is 0 Å². The summed E-state index contributed by atoms with van der Waals surface area (Å²) in [5.74, 6) is 0. The van der Waals surface area contributed by atoms with Gasteiger partial charge in [-0.05, 0) is 43.9 Å². The zero-order chi connectivity index (χ0) is 9.42. The minimum absolute atomic E-state index is 0.514. The number of aryl methyl sites for hydroxylation is 1. The first kappa shape index (κ1) is 8.76. The highest BCUT2D eigenvalue weighted by Crippen LogP contribution is 2.27. The average molecular weight is 175 g/mol. The Labute approximate surface area is 80.2 Å². The van der Waals surface area contributed by atoms with Crippen LogP contribution >= 0.6 is 0 Å². The van der Waals surface area contributed by atoms with E-state index in [0.29, 0.717) is 12.1 Å². The summed E-state index contributed by atoms with van der Waals surface area (Å²) in [7, 11) is 0. The number of rotatable bonds is 0. The Morgan fingerprint density at radius 1 is 1.31 bits per heavy atom. The van der Waals surface area contributed by atoms with E-state index in [1.165, 1.54) is 23.1 Å². The molecular formula is C12H17N. The summed E-state index contributed by atoms with van der Waals surface area (Å²) in [6, 6.07) is 7.76. The standard InChI is InChI=1S/C12H17N/c1-8-5-4-6-11-7-9(2)13-10(3)12(8)11/h4-6,9-10,13H,7H2,1-3H3. The molecule has 0 aliphatic carbocycles. The second-order valence-corrected chi connectivity index (χ2v) is 4.14. The molecule has 0 radical (unpaired) electrons. The average Bonchev–Trinajstić information content (AvgIpc) is 2.02. The van der Waals surface area contributed by atoms with Crippen molar-refractivity contribution in [2.75, 3.05) is 0 Å². The molecule has 1 heterocycles. The van der Waals surface area contributed by atoms with E-state index < -0.39 is 0 Å². The molecule has 0 saturated heterocycles. The lowest BCUT2D eigenvalue weighted by molar-refractivity contribution is 0.444. The van der Waals surface area contributed by atoms with Crippen LogP contribution in [0.25, 0.3) is 0 Å². The first-order chi connectivity index (χ1) is 6.18. The van der Waals surface area contributed by atoms with Crippen molar-refractivity contribution in [1.82, 2.24) is 5.32 Å². The predicted molar refractivity (Wildman–Crippen MR) is 55.9 cm³/mol.